The smallest absolute Gasteiger partial charge is 0.139 e. The summed E-state index contributed by atoms with van der Waals surface area (Å²) in [6.07, 6.45) is 1.00. The Morgan fingerprint density at radius 3 is 3.00 bits per heavy atom. The maximum atomic E-state index is 5.50. The molecule has 0 saturated carbocycles. The molecule has 0 amide bonds. The fourth-order valence-corrected chi connectivity index (χ4v) is 1.67. The first-order chi connectivity index (χ1) is 7.18. The van der Waals surface area contributed by atoms with Gasteiger partial charge in [-0.15, -0.1) is 0 Å². The minimum atomic E-state index is 0.582. The van der Waals surface area contributed by atoms with Crippen molar-refractivity contribution in [1.29, 1.82) is 0 Å². The van der Waals surface area contributed by atoms with E-state index in [0.717, 1.165) is 31.2 Å². The van der Waals surface area contributed by atoms with Crippen LogP contribution in [0.15, 0.2) is 6.07 Å². The van der Waals surface area contributed by atoms with E-state index in [1.165, 1.54) is 11.5 Å². The van der Waals surface area contributed by atoms with Crippen molar-refractivity contribution in [3.63, 3.8) is 0 Å². The number of anilines is 2. The predicted molar refractivity (Wildman–Crippen MR) is 65.3 cm³/mol. The van der Waals surface area contributed by atoms with Gasteiger partial charge in [0.15, 0.2) is 0 Å². The van der Waals surface area contributed by atoms with Crippen molar-refractivity contribution in [2.45, 2.75) is 20.3 Å². The highest BCUT2D eigenvalue weighted by Crippen LogP contribution is 2.16. The molecule has 0 aliphatic carbocycles. The molecule has 1 aromatic heterocycles. The van der Waals surface area contributed by atoms with E-state index in [2.05, 4.69) is 23.5 Å². The second-order valence-electron chi connectivity index (χ2n) is 3.87. The summed E-state index contributed by atoms with van der Waals surface area (Å²) in [6, 6.07) is 1.85. The summed E-state index contributed by atoms with van der Waals surface area (Å²) < 4.78 is 9.44. The molecule has 1 heterocycles. The first-order valence-electron chi connectivity index (χ1n) is 5.22. The van der Waals surface area contributed by atoms with E-state index < -0.39 is 0 Å². The Morgan fingerprint density at radius 1 is 1.60 bits per heavy atom. The summed E-state index contributed by atoms with van der Waals surface area (Å²) in [6.45, 7) is 6.85. The first kappa shape index (κ1) is 12.3. The molecule has 0 atom stereocenters. The van der Waals surface area contributed by atoms with E-state index in [9.17, 15) is 0 Å². The molecule has 3 N–H and O–H groups in total. The Bertz CT molecular complexity index is 275. The van der Waals surface area contributed by atoms with Crippen LogP contribution in [-0.2, 0) is 4.74 Å². The van der Waals surface area contributed by atoms with Crippen LogP contribution in [0.25, 0.3) is 0 Å². The van der Waals surface area contributed by atoms with Crippen LogP contribution in [0.1, 0.15) is 20.3 Å². The fourth-order valence-electron chi connectivity index (χ4n) is 1.08. The van der Waals surface area contributed by atoms with Crippen LogP contribution in [0.2, 0.25) is 0 Å². The number of aromatic nitrogens is 1. The molecule has 1 aromatic rings. The maximum Gasteiger partial charge on any atom is 0.139 e. The Hall–Kier alpha value is -0.810. The molecule has 0 fully saturated rings. The first-order valence-corrected chi connectivity index (χ1v) is 5.99. The molecule has 15 heavy (non-hydrogen) atoms. The number of nitrogen functional groups attached to an aromatic ring is 1. The van der Waals surface area contributed by atoms with E-state index in [1.807, 2.05) is 6.07 Å². The van der Waals surface area contributed by atoms with Gasteiger partial charge in [-0.25, -0.2) is 0 Å². The summed E-state index contributed by atoms with van der Waals surface area (Å²) in [7, 11) is 0. The van der Waals surface area contributed by atoms with Crippen LogP contribution in [0.4, 0.5) is 10.8 Å². The summed E-state index contributed by atoms with van der Waals surface area (Å²) in [5, 5.41) is 4.27. The fraction of sp³-hybridized carbons (Fsp3) is 0.700. The van der Waals surface area contributed by atoms with E-state index >= 15 is 0 Å². The molecular formula is C10H19N3OS. The Balaban J connectivity index is 1.98. The van der Waals surface area contributed by atoms with Gasteiger partial charge in [0.25, 0.3) is 0 Å². The highest BCUT2D eigenvalue weighted by Gasteiger charge is 1.97. The van der Waals surface area contributed by atoms with E-state index in [0.29, 0.717) is 11.7 Å². The van der Waals surface area contributed by atoms with E-state index in [4.69, 9.17) is 10.5 Å². The molecular weight excluding hydrogens is 210 g/mol. The number of hydrogen-bond donors (Lipinski definition) is 2. The number of nitrogens with zero attached hydrogens (tertiary/aromatic N) is 1. The highest BCUT2D eigenvalue weighted by molar-refractivity contribution is 7.10. The van der Waals surface area contributed by atoms with Crippen LogP contribution in [0.5, 0.6) is 0 Å². The quantitative estimate of drug-likeness (QED) is 0.704. The van der Waals surface area contributed by atoms with Crippen molar-refractivity contribution in [2.24, 2.45) is 5.92 Å². The van der Waals surface area contributed by atoms with Crippen LogP contribution < -0.4 is 11.1 Å². The van der Waals surface area contributed by atoms with Gasteiger partial charge in [-0.05, 0) is 23.9 Å². The average molecular weight is 229 g/mol. The SMILES string of the molecule is CC(C)COCCCNc1cc(N)ns1. The molecule has 0 unspecified atom stereocenters. The van der Waals surface area contributed by atoms with Crippen LogP contribution in [-0.4, -0.2) is 24.1 Å². The highest BCUT2D eigenvalue weighted by atomic mass is 32.1. The second-order valence-corrected chi connectivity index (χ2v) is 4.67. The maximum absolute atomic E-state index is 5.50. The minimum Gasteiger partial charge on any atom is -0.383 e. The summed E-state index contributed by atoms with van der Waals surface area (Å²) in [4.78, 5) is 0. The van der Waals surface area contributed by atoms with Crippen molar-refractivity contribution in [1.82, 2.24) is 4.37 Å². The van der Waals surface area contributed by atoms with Crippen molar-refractivity contribution < 1.29 is 4.74 Å². The van der Waals surface area contributed by atoms with Crippen molar-refractivity contribution in [3.8, 4) is 0 Å². The number of nitrogens with one attached hydrogen (secondary N) is 1. The van der Waals surface area contributed by atoms with E-state index in [-0.39, 0.29) is 0 Å². The monoisotopic (exact) mass is 229 g/mol. The molecule has 4 nitrogen and oxygen atoms in total. The molecule has 0 saturated heterocycles. The number of nitrogens with two attached hydrogens (primary N) is 1. The number of ether oxygens (including phenoxy) is 1. The van der Waals surface area contributed by atoms with Crippen molar-refractivity contribution in [3.05, 3.63) is 6.07 Å². The zero-order valence-corrected chi connectivity index (χ0v) is 10.1. The molecule has 0 bridgehead atoms. The Labute approximate surface area is 95.0 Å². The Kier molecular flexibility index (Phi) is 5.42. The van der Waals surface area contributed by atoms with Gasteiger partial charge in [-0.2, -0.15) is 4.37 Å². The largest absolute Gasteiger partial charge is 0.383 e. The second kappa shape index (κ2) is 6.63. The zero-order valence-electron chi connectivity index (χ0n) is 9.32. The average Bonchev–Trinajstić information content (AvgIpc) is 2.57. The molecule has 0 aliphatic rings. The lowest BCUT2D eigenvalue weighted by Crippen LogP contribution is -2.07. The summed E-state index contributed by atoms with van der Waals surface area (Å²) in [5.41, 5.74) is 5.50. The van der Waals surface area contributed by atoms with Crippen LogP contribution >= 0.6 is 11.5 Å². The van der Waals surface area contributed by atoms with Gasteiger partial charge in [-0.1, -0.05) is 13.8 Å². The van der Waals surface area contributed by atoms with E-state index in [1.54, 1.807) is 0 Å². The topological polar surface area (TPSA) is 60.2 Å². The van der Waals surface area contributed by atoms with Gasteiger partial charge in [0.2, 0.25) is 0 Å². The van der Waals surface area contributed by atoms with Gasteiger partial charge in [-0.3, -0.25) is 0 Å². The molecule has 5 heteroatoms. The minimum absolute atomic E-state index is 0.582. The van der Waals surface area contributed by atoms with Crippen LogP contribution in [0, 0.1) is 5.92 Å². The third kappa shape index (κ3) is 5.59. The lowest BCUT2D eigenvalue weighted by molar-refractivity contribution is 0.110. The van der Waals surface area contributed by atoms with Crippen molar-refractivity contribution in [2.75, 3.05) is 30.8 Å². The molecule has 0 radical (unpaired) electrons. The lowest BCUT2D eigenvalue weighted by atomic mass is 10.2. The van der Waals surface area contributed by atoms with Crippen molar-refractivity contribution >= 4 is 22.4 Å². The van der Waals surface area contributed by atoms with Gasteiger partial charge >= 0.3 is 0 Å². The molecule has 86 valence electrons. The van der Waals surface area contributed by atoms with Gasteiger partial charge in [0, 0.05) is 25.8 Å². The van der Waals surface area contributed by atoms with Gasteiger partial charge in [0.05, 0.1) is 0 Å². The summed E-state index contributed by atoms with van der Waals surface area (Å²) in [5.74, 6) is 1.19. The lowest BCUT2D eigenvalue weighted by Gasteiger charge is -2.06. The normalized spacial score (nSPS) is 10.9. The van der Waals surface area contributed by atoms with Gasteiger partial charge in [0.1, 0.15) is 10.8 Å². The van der Waals surface area contributed by atoms with Crippen LogP contribution in [0.3, 0.4) is 0 Å². The third-order valence-corrected chi connectivity index (χ3v) is 2.51. The predicted octanol–water partition coefficient (Wildman–Crippen LogP) is 2.20. The molecule has 0 aromatic carbocycles. The third-order valence-electron chi connectivity index (χ3n) is 1.74. The summed E-state index contributed by atoms with van der Waals surface area (Å²) >= 11 is 1.39. The Morgan fingerprint density at radius 2 is 2.40 bits per heavy atom. The number of hydrogen-bond acceptors (Lipinski definition) is 5. The zero-order chi connectivity index (χ0) is 11.1. The van der Waals surface area contributed by atoms with Gasteiger partial charge < -0.3 is 15.8 Å². The number of rotatable bonds is 7. The molecule has 0 spiro atoms. The molecule has 1 rings (SSSR count). The molecule has 0 aliphatic heterocycles. The standard InChI is InChI=1S/C10H19N3OS/c1-8(2)7-14-5-3-4-12-10-6-9(11)13-15-10/h6,8,12H,3-5,7H2,1-2H3,(H2,11,13).